The van der Waals surface area contributed by atoms with Gasteiger partial charge in [0.05, 0.1) is 37.0 Å². The number of esters is 1. The molecule has 0 N–H and O–H groups in total. The van der Waals surface area contributed by atoms with Crippen molar-refractivity contribution >= 4 is 29.5 Å². The maximum Gasteiger partial charge on any atom is 0.347 e. The number of allylic oxidation sites excluding steroid dienone is 1. The highest BCUT2D eigenvalue weighted by Crippen LogP contribution is 2.42. The standard InChI is InChI=1S/C25H25N5O4/c1-17-22(25(2)12-13-27-29(25)20-10-8-18(15-26)9-11-20)23(31)30(3,33)16-28(17)21-7-5-6-19(14-21)24(32)34-4/h5-11,13-14H,12,16H2,1-4H3. The van der Waals surface area contributed by atoms with Crippen LogP contribution in [0.15, 0.2) is 64.9 Å². The molecule has 0 saturated carbocycles. The van der Waals surface area contributed by atoms with Crippen molar-refractivity contribution in [3.63, 3.8) is 0 Å². The zero-order valence-corrected chi connectivity index (χ0v) is 19.5. The zero-order chi connectivity index (χ0) is 24.7. The van der Waals surface area contributed by atoms with E-state index in [4.69, 9.17) is 10.00 Å². The fourth-order valence-corrected chi connectivity index (χ4v) is 4.53. The number of carbonyl (C=O) groups is 2. The lowest BCUT2D eigenvalue weighted by Gasteiger charge is -2.49. The largest absolute Gasteiger partial charge is 0.624 e. The van der Waals surface area contributed by atoms with Crippen molar-refractivity contribution in [3.05, 3.63) is 76.1 Å². The molecule has 2 aliphatic rings. The van der Waals surface area contributed by atoms with Gasteiger partial charge >= 0.3 is 11.9 Å². The number of methoxy groups -OCH3 is 1. The van der Waals surface area contributed by atoms with Gasteiger partial charge < -0.3 is 9.94 Å². The Morgan fingerprint density at radius 2 is 1.94 bits per heavy atom. The monoisotopic (exact) mass is 459 g/mol. The Kier molecular flexibility index (Phi) is 5.73. The molecule has 0 spiro atoms. The van der Waals surface area contributed by atoms with Crippen LogP contribution in [0, 0.1) is 16.5 Å². The van der Waals surface area contributed by atoms with Crippen LogP contribution in [0.5, 0.6) is 0 Å². The second kappa shape index (κ2) is 8.41. The van der Waals surface area contributed by atoms with E-state index < -0.39 is 22.1 Å². The Morgan fingerprint density at radius 1 is 1.24 bits per heavy atom. The highest BCUT2D eigenvalue weighted by atomic mass is 16.6. The second-order valence-corrected chi connectivity index (χ2v) is 8.72. The van der Waals surface area contributed by atoms with Crippen LogP contribution < -0.4 is 9.91 Å². The van der Waals surface area contributed by atoms with Crippen LogP contribution in [0.2, 0.25) is 0 Å². The minimum Gasteiger partial charge on any atom is -0.624 e. The number of hydrogen-bond acceptors (Lipinski definition) is 8. The van der Waals surface area contributed by atoms with E-state index in [1.54, 1.807) is 71.6 Å². The highest BCUT2D eigenvalue weighted by molar-refractivity contribution is 5.97. The number of ether oxygens (including phenoxy) is 1. The SMILES string of the molecule is COC(=O)c1cccc(N2C[N+](C)([O-])C(=O)C(C3(C)CC=NN3c3ccc(C#N)cc3)=C2C)c1. The molecule has 34 heavy (non-hydrogen) atoms. The Hall–Kier alpha value is -4.00. The Balaban J connectivity index is 1.83. The van der Waals surface area contributed by atoms with E-state index >= 15 is 0 Å². The number of hydrazone groups is 1. The summed E-state index contributed by atoms with van der Waals surface area (Å²) in [5, 5.41) is 28.8. The second-order valence-electron chi connectivity index (χ2n) is 8.72. The molecule has 0 fully saturated rings. The number of rotatable bonds is 4. The average Bonchev–Trinajstić information content (AvgIpc) is 3.23. The number of nitrogens with zero attached hydrogens (tertiary/aromatic N) is 5. The molecule has 2 aromatic rings. The third-order valence-corrected chi connectivity index (χ3v) is 6.33. The van der Waals surface area contributed by atoms with Gasteiger partial charge in [0.25, 0.3) is 0 Å². The van der Waals surface area contributed by atoms with E-state index in [0.717, 1.165) is 0 Å². The number of likely N-dealkylation sites (N-methyl/N-ethyl adjacent to an activating group) is 1. The maximum absolute atomic E-state index is 13.5. The maximum atomic E-state index is 13.5. The normalized spacial score (nSPS) is 24.4. The van der Waals surface area contributed by atoms with Crippen molar-refractivity contribution < 1.29 is 19.0 Å². The lowest BCUT2D eigenvalue weighted by Crippen LogP contribution is -2.60. The molecule has 0 radical (unpaired) electrons. The van der Waals surface area contributed by atoms with Gasteiger partial charge in [-0.3, -0.25) is 14.6 Å². The van der Waals surface area contributed by atoms with E-state index in [2.05, 4.69) is 11.2 Å². The minimum absolute atomic E-state index is 0.132. The number of nitriles is 1. The first-order valence-electron chi connectivity index (χ1n) is 10.7. The fourth-order valence-electron chi connectivity index (χ4n) is 4.53. The van der Waals surface area contributed by atoms with Crippen molar-refractivity contribution in [3.8, 4) is 6.07 Å². The summed E-state index contributed by atoms with van der Waals surface area (Å²) in [6, 6.07) is 15.8. The van der Waals surface area contributed by atoms with Crippen LogP contribution in [0.4, 0.5) is 11.4 Å². The molecule has 0 aliphatic carbocycles. The number of carbonyl (C=O) groups excluding carboxylic acids is 2. The molecule has 2 unspecified atom stereocenters. The van der Waals surface area contributed by atoms with Crippen LogP contribution in [-0.2, 0) is 9.53 Å². The average molecular weight is 460 g/mol. The van der Waals surface area contributed by atoms with Gasteiger partial charge in [0.2, 0.25) is 0 Å². The van der Waals surface area contributed by atoms with E-state index in [1.165, 1.54) is 14.2 Å². The summed E-state index contributed by atoms with van der Waals surface area (Å²) >= 11 is 0. The van der Waals surface area contributed by atoms with Gasteiger partial charge in [0.1, 0.15) is 11.1 Å². The zero-order valence-electron chi connectivity index (χ0n) is 19.5. The van der Waals surface area contributed by atoms with Crippen molar-refractivity contribution in [2.75, 3.05) is 30.7 Å². The Bertz CT molecular complexity index is 1260. The van der Waals surface area contributed by atoms with Crippen molar-refractivity contribution in [2.24, 2.45) is 5.10 Å². The van der Waals surface area contributed by atoms with E-state index in [-0.39, 0.29) is 6.67 Å². The molecule has 2 aromatic carbocycles. The van der Waals surface area contributed by atoms with Gasteiger partial charge in [-0.15, -0.1) is 0 Å². The molecule has 1 amide bonds. The van der Waals surface area contributed by atoms with E-state index in [0.29, 0.717) is 40.2 Å². The molecule has 174 valence electrons. The summed E-state index contributed by atoms with van der Waals surface area (Å²) in [6.07, 6.45) is 2.14. The lowest BCUT2D eigenvalue weighted by molar-refractivity contribution is -0.781. The Labute approximate surface area is 197 Å². The number of quaternary nitrogens is 1. The molecule has 2 heterocycles. The van der Waals surface area contributed by atoms with Crippen LogP contribution in [-0.4, -0.2) is 49.1 Å². The van der Waals surface area contributed by atoms with E-state index in [9.17, 15) is 14.8 Å². The van der Waals surface area contributed by atoms with Gasteiger partial charge in [-0.25, -0.2) is 9.59 Å². The quantitative estimate of drug-likeness (QED) is 0.391. The molecule has 9 nitrogen and oxygen atoms in total. The van der Waals surface area contributed by atoms with Gasteiger partial charge in [-0.05, 0) is 56.3 Å². The summed E-state index contributed by atoms with van der Waals surface area (Å²) in [5.41, 5.74) is 2.22. The van der Waals surface area contributed by atoms with Gasteiger partial charge in [0, 0.05) is 24.0 Å². The summed E-state index contributed by atoms with van der Waals surface area (Å²) in [5.74, 6) is -1.02. The number of anilines is 2. The molecule has 0 aromatic heterocycles. The summed E-state index contributed by atoms with van der Waals surface area (Å²) in [4.78, 5) is 27.3. The molecule has 2 aliphatic heterocycles. The van der Waals surface area contributed by atoms with Crippen LogP contribution in [0.1, 0.15) is 36.2 Å². The molecule has 4 rings (SSSR count). The topological polar surface area (TPSA) is 109 Å². The number of amides is 1. The van der Waals surface area contributed by atoms with Crippen molar-refractivity contribution in [1.82, 2.24) is 0 Å². The number of hydrogen-bond donors (Lipinski definition) is 0. The number of benzene rings is 2. The van der Waals surface area contributed by atoms with Gasteiger partial charge in [-0.2, -0.15) is 10.4 Å². The first kappa shape index (κ1) is 23.2. The Morgan fingerprint density at radius 3 is 2.59 bits per heavy atom. The molecular weight excluding hydrogens is 434 g/mol. The number of hydroxylamine groups is 3. The highest BCUT2D eigenvalue weighted by Gasteiger charge is 2.51. The summed E-state index contributed by atoms with van der Waals surface area (Å²) < 4.78 is 3.70. The van der Waals surface area contributed by atoms with Gasteiger partial charge in [-0.1, -0.05) is 6.07 Å². The van der Waals surface area contributed by atoms with Crippen LogP contribution >= 0.6 is 0 Å². The predicted octanol–water partition coefficient (Wildman–Crippen LogP) is 3.52. The molecular formula is C25H25N5O4. The predicted molar refractivity (Wildman–Crippen MR) is 128 cm³/mol. The molecule has 0 saturated heterocycles. The first-order chi connectivity index (χ1) is 16.1. The third kappa shape index (κ3) is 3.73. The van der Waals surface area contributed by atoms with E-state index in [1.807, 2.05) is 6.92 Å². The molecule has 9 heteroatoms. The summed E-state index contributed by atoms with van der Waals surface area (Å²) in [6.45, 7) is 3.55. The summed E-state index contributed by atoms with van der Waals surface area (Å²) in [7, 11) is 2.64. The van der Waals surface area contributed by atoms with Crippen molar-refractivity contribution in [1.29, 1.82) is 5.26 Å². The smallest absolute Gasteiger partial charge is 0.347 e. The van der Waals surface area contributed by atoms with Crippen molar-refractivity contribution in [2.45, 2.75) is 25.8 Å². The molecule has 0 bridgehead atoms. The lowest BCUT2D eigenvalue weighted by atomic mass is 9.84. The minimum atomic E-state index is -1.13. The first-order valence-corrected chi connectivity index (χ1v) is 10.7. The third-order valence-electron chi connectivity index (χ3n) is 6.33. The van der Waals surface area contributed by atoms with Crippen LogP contribution in [0.3, 0.4) is 0 Å². The van der Waals surface area contributed by atoms with Crippen LogP contribution in [0.25, 0.3) is 0 Å². The molecule has 2 atom stereocenters. The fraction of sp³-hybridized carbons (Fsp3) is 0.280. The van der Waals surface area contributed by atoms with Gasteiger partial charge in [0.15, 0.2) is 6.67 Å².